The summed E-state index contributed by atoms with van der Waals surface area (Å²) < 4.78 is 11.5. The molecule has 22 heavy (non-hydrogen) atoms. The van der Waals surface area contributed by atoms with Crippen LogP contribution < -0.4 is 0 Å². The number of hydrogen-bond acceptors (Lipinski definition) is 4. The lowest BCUT2D eigenvalue weighted by molar-refractivity contribution is -0.112. The van der Waals surface area contributed by atoms with Crippen molar-refractivity contribution < 1.29 is 14.3 Å². The third-order valence-electron chi connectivity index (χ3n) is 2.85. The van der Waals surface area contributed by atoms with Crippen LogP contribution in [0.25, 0.3) is 0 Å². The van der Waals surface area contributed by atoms with Gasteiger partial charge in [-0.15, -0.1) is 0 Å². The summed E-state index contributed by atoms with van der Waals surface area (Å²) in [6.45, 7) is 11.4. The number of aliphatic imine (C=N–C) groups is 1. The fourth-order valence-corrected chi connectivity index (χ4v) is 2.06. The van der Waals surface area contributed by atoms with Crippen molar-refractivity contribution in [2.24, 2.45) is 4.99 Å². The normalized spacial score (nSPS) is 18.1. The van der Waals surface area contributed by atoms with Gasteiger partial charge in [-0.1, -0.05) is 18.2 Å². The smallest absolute Gasteiger partial charge is 0.417 e. The molecule has 120 valence electrons. The number of amides is 1. The molecule has 1 atom stereocenters. The summed E-state index contributed by atoms with van der Waals surface area (Å²) in [7, 11) is 0. The molecule has 0 aliphatic carbocycles. The lowest BCUT2D eigenvalue weighted by atomic mass is 10.1. The van der Waals surface area contributed by atoms with E-state index in [2.05, 4.69) is 4.99 Å². The summed E-state index contributed by atoms with van der Waals surface area (Å²) in [5.41, 5.74) is 0.666. The van der Waals surface area contributed by atoms with Gasteiger partial charge in [-0.2, -0.15) is 0 Å². The molecular formula is C17H24N2O3. The Morgan fingerprint density at radius 3 is 2.32 bits per heavy atom. The van der Waals surface area contributed by atoms with Gasteiger partial charge in [0.25, 0.3) is 0 Å². The molecule has 5 heteroatoms. The molecule has 1 heterocycles. The number of carbonyl (C=O) groups is 1. The standard InChI is InChI=1S/C17H24N2O3/c1-16(2,3)21-14-12-9-7-8-10-13(12)18-11-19(14)15(20)22-17(4,5)6/h7-11,14H,1-6H3. The van der Waals surface area contributed by atoms with Gasteiger partial charge in [-0.25, -0.2) is 14.7 Å². The minimum absolute atomic E-state index is 0.413. The number of nitrogens with zero attached hydrogens (tertiary/aromatic N) is 2. The second-order valence-electron chi connectivity index (χ2n) is 7.27. The molecule has 0 N–H and O–H groups in total. The minimum atomic E-state index is -0.575. The molecule has 2 rings (SSSR count). The van der Waals surface area contributed by atoms with E-state index in [1.807, 2.05) is 65.8 Å². The van der Waals surface area contributed by atoms with Gasteiger partial charge in [0.2, 0.25) is 0 Å². The van der Waals surface area contributed by atoms with Gasteiger partial charge in [0.15, 0.2) is 6.23 Å². The molecule has 0 fully saturated rings. The van der Waals surface area contributed by atoms with Crippen LogP contribution in [0, 0.1) is 0 Å². The third kappa shape index (κ3) is 4.07. The van der Waals surface area contributed by atoms with E-state index in [4.69, 9.17) is 9.47 Å². The molecule has 0 radical (unpaired) electrons. The van der Waals surface area contributed by atoms with Crippen LogP contribution in [0.3, 0.4) is 0 Å². The highest BCUT2D eigenvalue weighted by atomic mass is 16.6. The van der Waals surface area contributed by atoms with Crippen molar-refractivity contribution in [3.05, 3.63) is 29.8 Å². The number of ether oxygens (including phenoxy) is 2. The van der Waals surface area contributed by atoms with Crippen molar-refractivity contribution in [3.63, 3.8) is 0 Å². The summed E-state index contributed by atoms with van der Waals surface area (Å²) in [5, 5.41) is 0. The number of fused-ring (bicyclic) bond motifs is 1. The van der Waals surface area contributed by atoms with Crippen molar-refractivity contribution in [2.45, 2.75) is 59.0 Å². The van der Waals surface area contributed by atoms with E-state index < -0.39 is 23.5 Å². The van der Waals surface area contributed by atoms with Gasteiger partial charge in [-0.05, 0) is 47.6 Å². The highest BCUT2D eigenvalue weighted by Crippen LogP contribution is 2.36. The molecule has 1 aliphatic rings. The molecule has 1 unspecified atom stereocenters. The van der Waals surface area contributed by atoms with E-state index in [1.165, 1.54) is 11.2 Å². The van der Waals surface area contributed by atoms with Crippen LogP contribution in [-0.4, -0.2) is 28.5 Å². The van der Waals surface area contributed by atoms with E-state index in [1.54, 1.807) is 0 Å². The van der Waals surface area contributed by atoms with Gasteiger partial charge in [-0.3, -0.25) is 0 Å². The number of para-hydroxylation sites is 1. The maximum atomic E-state index is 12.5. The molecular weight excluding hydrogens is 280 g/mol. The Balaban J connectivity index is 2.35. The Bertz CT molecular complexity index is 582. The number of benzene rings is 1. The van der Waals surface area contributed by atoms with Crippen LogP contribution in [0.1, 0.15) is 53.3 Å². The maximum Gasteiger partial charge on any atom is 0.417 e. The SMILES string of the molecule is CC(C)(C)OC(=O)N1C=Nc2ccccc2C1OC(C)(C)C. The quantitative estimate of drug-likeness (QED) is 0.772. The minimum Gasteiger partial charge on any atom is -0.443 e. The van der Waals surface area contributed by atoms with Crippen LogP contribution in [0.5, 0.6) is 0 Å². The molecule has 0 spiro atoms. The summed E-state index contributed by atoms with van der Waals surface area (Å²) >= 11 is 0. The Morgan fingerprint density at radius 1 is 1.09 bits per heavy atom. The highest BCUT2D eigenvalue weighted by Gasteiger charge is 2.35. The van der Waals surface area contributed by atoms with Crippen LogP contribution in [-0.2, 0) is 9.47 Å². The van der Waals surface area contributed by atoms with Crippen LogP contribution in [0.15, 0.2) is 29.3 Å². The van der Waals surface area contributed by atoms with Gasteiger partial charge >= 0.3 is 6.09 Å². The highest BCUT2D eigenvalue weighted by molar-refractivity contribution is 5.86. The Hall–Kier alpha value is -1.88. The molecule has 5 nitrogen and oxygen atoms in total. The van der Waals surface area contributed by atoms with Crippen molar-refractivity contribution in [1.29, 1.82) is 0 Å². The maximum absolute atomic E-state index is 12.5. The topological polar surface area (TPSA) is 51.1 Å². The lowest BCUT2D eigenvalue weighted by Gasteiger charge is -2.37. The number of carbonyl (C=O) groups excluding carboxylic acids is 1. The van der Waals surface area contributed by atoms with Gasteiger partial charge in [0.05, 0.1) is 11.3 Å². The predicted molar refractivity (Wildman–Crippen MR) is 86.2 cm³/mol. The van der Waals surface area contributed by atoms with E-state index in [9.17, 15) is 4.79 Å². The van der Waals surface area contributed by atoms with Gasteiger partial charge < -0.3 is 9.47 Å². The van der Waals surface area contributed by atoms with Crippen molar-refractivity contribution in [2.75, 3.05) is 0 Å². The molecule has 0 saturated heterocycles. The average molecular weight is 304 g/mol. The first-order valence-corrected chi connectivity index (χ1v) is 7.39. The summed E-state index contributed by atoms with van der Waals surface area (Å²) in [4.78, 5) is 18.2. The molecule has 1 amide bonds. The van der Waals surface area contributed by atoms with Crippen molar-refractivity contribution in [3.8, 4) is 0 Å². The van der Waals surface area contributed by atoms with Gasteiger partial charge in [0, 0.05) is 5.56 Å². The predicted octanol–water partition coefficient (Wildman–Crippen LogP) is 4.41. The van der Waals surface area contributed by atoms with Crippen molar-refractivity contribution in [1.82, 2.24) is 4.90 Å². The first-order valence-electron chi connectivity index (χ1n) is 7.39. The van der Waals surface area contributed by atoms with Crippen LogP contribution >= 0.6 is 0 Å². The molecule has 0 bridgehead atoms. The second kappa shape index (κ2) is 5.72. The van der Waals surface area contributed by atoms with E-state index in [-0.39, 0.29) is 0 Å². The third-order valence-corrected chi connectivity index (χ3v) is 2.85. The zero-order valence-electron chi connectivity index (χ0n) is 14.1. The largest absolute Gasteiger partial charge is 0.443 e. The van der Waals surface area contributed by atoms with E-state index in [0.29, 0.717) is 0 Å². The number of rotatable bonds is 1. The number of hydrogen-bond donors (Lipinski definition) is 0. The fourth-order valence-electron chi connectivity index (χ4n) is 2.06. The zero-order chi connectivity index (χ0) is 16.5. The van der Waals surface area contributed by atoms with Crippen molar-refractivity contribution >= 4 is 18.1 Å². The Labute approximate surface area is 131 Å². The molecule has 0 aromatic heterocycles. The summed E-state index contributed by atoms with van der Waals surface area (Å²) in [6, 6.07) is 7.64. The molecule has 0 saturated carbocycles. The van der Waals surface area contributed by atoms with Crippen LogP contribution in [0.4, 0.5) is 10.5 Å². The zero-order valence-corrected chi connectivity index (χ0v) is 14.1. The lowest BCUT2D eigenvalue weighted by Crippen LogP contribution is -2.42. The fraction of sp³-hybridized carbons (Fsp3) is 0.529. The molecule has 1 aromatic carbocycles. The Morgan fingerprint density at radius 2 is 1.73 bits per heavy atom. The van der Waals surface area contributed by atoms with Gasteiger partial charge in [0.1, 0.15) is 11.9 Å². The average Bonchev–Trinajstić information content (AvgIpc) is 2.35. The molecule has 1 aromatic rings. The first-order chi connectivity index (χ1) is 10.1. The van der Waals surface area contributed by atoms with E-state index in [0.717, 1.165) is 11.3 Å². The Kier molecular flexibility index (Phi) is 4.29. The molecule has 1 aliphatic heterocycles. The van der Waals surface area contributed by atoms with E-state index >= 15 is 0 Å². The monoisotopic (exact) mass is 304 g/mol. The first kappa shape index (κ1) is 16.5. The summed E-state index contributed by atoms with van der Waals surface area (Å²) in [5.74, 6) is 0. The second-order valence-corrected chi connectivity index (χ2v) is 7.27. The van der Waals surface area contributed by atoms with Crippen LogP contribution in [0.2, 0.25) is 0 Å². The summed E-state index contributed by atoms with van der Waals surface area (Å²) in [6.07, 6.45) is 0.454.